The Balaban J connectivity index is 3.35. The monoisotopic (exact) mass is 311 g/mol. The molecule has 0 spiro atoms. The van der Waals surface area contributed by atoms with Gasteiger partial charge in [0.25, 0.3) is 5.91 Å². The van der Waals surface area contributed by atoms with E-state index in [1.165, 1.54) is 13.8 Å². The van der Waals surface area contributed by atoms with Gasteiger partial charge >= 0.3 is 0 Å². The Labute approximate surface area is 118 Å². The molecule has 1 aromatic carbocycles. The minimum atomic E-state index is -2.31. The van der Waals surface area contributed by atoms with Gasteiger partial charge in [0.1, 0.15) is 5.56 Å². The molecule has 1 rings (SSSR count). The molecule has 0 atom stereocenters. The van der Waals surface area contributed by atoms with Crippen LogP contribution in [0.15, 0.2) is 0 Å². The van der Waals surface area contributed by atoms with Crippen LogP contribution in [-0.2, 0) is 0 Å². The Hall–Kier alpha value is -1.70. The summed E-state index contributed by atoms with van der Waals surface area (Å²) in [6.45, 7) is 2.67. The smallest absolute Gasteiger partial charge is 0.260 e. The van der Waals surface area contributed by atoms with E-state index in [0.717, 1.165) is 4.90 Å². The van der Waals surface area contributed by atoms with E-state index in [0.29, 0.717) is 0 Å². The van der Waals surface area contributed by atoms with Crippen molar-refractivity contribution in [3.63, 3.8) is 0 Å². The fourth-order valence-electron chi connectivity index (χ4n) is 1.77. The van der Waals surface area contributed by atoms with Crippen molar-refractivity contribution in [3.05, 3.63) is 34.6 Å². The Kier molecular flexibility index (Phi) is 5.65. The Morgan fingerprint density at radius 3 is 1.81 bits per heavy atom. The summed E-state index contributed by atoms with van der Waals surface area (Å²) in [5, 5.41) is 8.73. The Morgan fingerprint density at radius 1 is 1.00 bits per heavy atom. The Bertz CT molecular complexity index is 519. The molecule has 0 radical (unpaired) electrons. The maximum atomic E-state index is 13.6. The van der Waals surface area contributed by atoms with Crippen molar-refractivity contribution in [2.75, 3.05) is 13.2 Å². The third-order valence-corrected chi connectivity index (χ3v) is 2.87. The number of carbonyl (C=O) groups excluding carboxylic acids is 1. The standard InChI is InChI=1S/C13H14F5NO2/c1-6(2)19(4-3-5-20)13(21)7-8(14)10(16)12(18)11(17)9(7)15/h6,20H,3-5H2,1-2H3. The van der Waals surface area contributed by atoms with Gasteiger partial charge in [0.05, 0.1) is 0 Å². The van der Waals surface area contributed by atoms with Crippen LogP contribution in [0.1, 0.15) is 30.6 Å². The molecular formula is C13H14F5NO2. The first kappa shape index (κ1) is 17.4. The number of amides is 1. The fraction of sp³-hybridized carbons (Fsp3) is 0.462. The van der Waals surface area contributed by atoms with E-state index < -0.39 is 46.6 Å². The highest BCUT2D eigenvalue weighted by Crippen LogP contribution is 2.24. The molecule has 0 aliphatic heterocycles. The topological polar surface area (TPSA) is 40.5 Å². The average molecular weight is 311 g/mol. The molecule has 21 heavy (non-hydrogen) atoms. The zero-order valence-corrected chi connectivity index (χ0v) is 11.4. The van der Waals surface area contributed by atoms with E-state index in [4.69, 9.17) is 5.11 Å². The van der Waals surface area contributed by atoms with Crippen LogP contribution in [0.5, 0.6) is 0 Å². The van der Waals surface area contributed by atoms with E-state index in [-0.39, 0.29) is 19.6 Å². The molecule has 0 fully saturated rings. The molecular weight excluding hydrogens is 297 g/mol. The van der Waals surface area contributed by atoms with Crippen LogP contribution in [0.3, 0.4) is 0 Å². The van der Waals surface area contributed by atoms with E-state index in [9.17, 15) is 26.7 Å². The van der Waals surface area contributed by atoms with Crippen molar-refractivity contribution in [2.24, 2.45) is 0 Å². The van der Waals surface area contributed by atoms with E-state index in [2.05, 4.69) is 0 Å². The number of benzene rings is 1. The van der Waals surface area contributed by atoms with Gasteiger partial charge in [0, 0.05) is 19.2 Å². The molecule has 1 amide bonds. The first-order valence-corrected chi connectivity index (χ1v) is 6.17. The van der Waals surface area contributed by atoms with Crippen LogP contribution in [0.4, 0.5) is 22.0 Å². The number of hydrogen-bond donors (Lipinski definition) is 1. The van der Waals surface area contributed by atoms with Crippen molar-refractivity contribution >= 4 is 5.91 Å². The fourth-order valence-corrected chi connectivity index (χ4v) is 1.77. The molecule has 0 aromatic heterocycles. The minimum Gasteiger partial charge on any atom is -0.396 e. The number of carbonyl (C=O) groups is 1. The Morgan fingerprint density at radius 2 is 1.43 bits per heavy atom. The quantitative estimate of drug-likeness (QED) is 0.516. The summed E-state index contributed by atoms with van der Waals surface area (Å²) in [6, 6.07) is -0.543. The normalized spacial score (nSPS) is 11.1. The van der Waals surface area contributed by atoms with Crippen molar-refractivity contribution in [1.29, 1.82) is 0 Å². The molecule has 0 saturated carbocycles. The average Bonchev–Trinajstić information content (AvgIpc) is 2.43. The van der Waals surface area contributed by atoms with E-state index in [1.807, 2.05) is 0 Å². The molecule has 3 nitrogen and oxygen atoms in total. The van der Waals surface area contributed by atoms with Crippen LogP contribution in [0.2, 0.25) is 0 Å². The third kappa shape index (κ3) is 3.31. The van der Waals surface area contributed by atoms with Crippen LogP contribution in [-0.4, -0.2) is 35.1 Å². The second kappa shape index (κ2) is 6.84. The number of rotatable bonds is 5. The predicted molar refractivity (Wildman–Crippen MR) is 64.1 cm³/mol. The number of nitrogens with zero attached hydrogens (tertiary/aromatic N) is 1. The zero-order chi connectivity index (χ0) is 16.3. The predicted octanol–water partition coefficient (Wildman–Crippen LogP) is 2.62. The SMILES string of the molecule is CC(C)N(CCCO)C(=O)c1c(F)c(F)c(F)c(F)c1F. The van der Waals surface area contributed by atoms with Crippen LogP contribution < -0.4 is 0 Å². The molecule has 0 bridgehead atoms. The minimum absolute atomic E-state index is 0.0769. The zero-order valence-electron chi connectivity index (χ0n) is 11.4. The second-order valence-corrected chi connectivity index (χ2v) is 4.61. The lowest BCUT2D eigenvalue weighted by atomic mass is 10.1. The summed E-state index contributed by atoms with van der Waals surface area (Å²) in [5.41, 5.74) is -1.49. The van der Waals surface area contributed by atoms with Crippen molar-refractivity contribution < 1.29 is 31.9 Å². The highest BCUT2D eigenvalue weighted by Gasteiger charge is 2.32. The molecule has 0 heterocycles. The van der Waals surface area contributed by atoms with Crippen LogP contribution in [0.25, 0.3) is 0 Å². The van der Waals surface area contributed by atoms with Gasteiger partial charge < -0.3 is 10.0 Å². The summed E-state index contributed by atoms with van der Waals surface area (Å²) in [4.78, 5) is 13.0. The summed E-state index contributed by atoms with van der Waals surface area (Å²) in [5.74, 6) is -12.3. The first-order valence-electron chi connectivity index (χ1n) is 6.17. The molecule has 0 unspecified atom stereocenters. The maximum absolute atomic E-state index is 13.6. The lowest BCUT2D eigenvalue weighted by Crippen LogP contribution is -2.39. The van der Waals surface area contributed by atoms with Gasteiger partial charge in [-0.3, -0.25) is 4.79 Å². The van der Waals surface area contributed by atoms with Gasteiger partial charge in [-0.2, -0.15) is 0 Å². The first-order chi connectivity index (χ1) is 9.73. The van der Waals surface area contributed by atoms with Crippen LogP contribution >= 0.6 is 0 Å². The highest BCUT2D eigenvalue weighted by atomic mass is 19.2. The van der Waals surface area contributed by atoms with Crippen molar-refractivity contribution in [3.8, 4) is 0 Å². The van der Waals surface area contributed by atoms with Gasteiger partial charge in [0.2, 0.25) is 5.82 Å². The van der Waals surface area contributed by atoms with Gasteiger partial charge in [-0.25, -0.2) is 22.0 Å². The summed E-state index contributed by atoms with van der Waals surface area (Å²) < 4.78 is 66.3. The van der Waals surface area contributed by atoms with Crippen LogP contribution in [0, 0.1) is 29.1 Å². The summed E-state index contributed by atoms with van der Waals surface area (Å²) in [7, 11) is 0. The molecule has 0 saturated heterocycles. The maximum Gasteiger partial charge on any atom is 0.260 e. The molecule has 1 N–H and O–H groups in total. The van der Waals surface area contributed by atoms with Gasteiger partial charge in [-0.05, 0) is 20.3 Å². The molecule has 8 heteroatoms. The van der Waals surface area contributed by atoms with Gasteiger partial charge in [-0.1, -0.05) is 0 Å². The van der Waals surface area contributed by atoms with Gasteiger partial charge in [-0.15, -0.1) is 0 Å². The van der Waals surface area contributed by atoms with Crippen molar-refractivity contribution in [2.45, 2.75) is 26.3 Å². The number of aliphatic hydroxyl groups excluding tert-OH is 1. The lowest BCUT2D eigenvalue weighted by Gasteiger charge is -2.27. The van der Waals surface area contributed by atoms with E-state index >= 15 is 0 Å². The highest BCUT2D eigenvalue weighted by molar-refractivity contribution is 5.95. The molecule has 118 valence electrons. The number of aliphatic hydroxyl groups is 1. The number of hydrogen-bond acceptors (Lipinski definition) is 2. The summed E-state index contributed by atoms with van der Waals surface area (Å²) in [6.07, 6.45) is 0.110. The second-order valence-electron chi connectivity index (χ2n) is 4.61. The largest absolute Gasteiger partial charge is 0.396 e. The van der Waals surface area contributed by atoms with Gasteiger partial charge in [0.15, 0.2) is 23.3 Å². The number of halogens is 5. The third-order valence-electron chi connectivity index (χ3n) is 2.87. The molecule has 0 aliphatic rings. The van der Waals surface area contributed by atoms with Crippen molar-refractivity contribution in [1.82, 2.24) is 4.90 Å². The lowest BCUT2D eigenvalue weighted by molar-refractivity contribution is 0.0679. The molecule has 1 aromatic rings. The van der Waals surface area contributed by atoms with E-state index in [1.54, 1.807) is 0 Å². The summed E-state index contributed by atoms with van der Waals surface area (Å²) >= 11 is 0. The molecule has 0 aliphatic carbocycles.